The van der Waals surface area contributed by atoms with Gasteiger partial charge in [-0.25, -0.2) is 0 Å². The molecule has 1 unspecified atom stereocenters. The standard InChI is InChI=1S/C14H30N2/c1-12(13(2,3)4)10-16-9-8-14(11-15)6-5-7-14/h12,16H,5-11,15H2,1-4H3. The maximum Gasteiger partial charge on any atom is -0.00182 e. The van der Waals surface area contributed by atoms with Gasteiger partial charge in [0.15, 0.2) is 0 Å². The van der Waals surface area contributed by atoms with E-state index in [1.165, 1.54) is 25.7 Å². The minimum atomic E-state index is 0.412. The summed E-state index contributed by atoms with van der Waals surface area (Å²) in [6.45, 7) is 12.4. The highest BCUT2D eigenvalue weighted by Crippen LogP contribution is 2.42. The molecule has 2 nitrogen and oxygen atoms in total. The van der Waals surface area contributed by atoms with E-state index in [4.69, 9.17) is 5.73 Å². The Hall–Kier alpha value is -0.0800. The predicted molar refractivity (Wildman–Crippen MR) is 71.4 cm³/mol. The normalized spacial score (nSPS) is 21.6. The van der Waals surface area contributed by atoms with Gasteiger partial charge in [-0.1, -0.05) is 34.1 Å². The Kier molecular flexibility index (Phi) is 4.81. The summed E-state index contributed by atoms with van der Waals surface area (Å²) in [5.41, 5.74) is 6.76. The molecule has 96 valence electrons. The van der Waals surface area contributed by atoms with Crippen LogP contribution in [0.25, 0.3) is 0 Å². The van der Waals surface area contributed by atoms with Crippen molar-refractivity contribution in [3.8, 4) is 0 Å². The molecule has 0 bridgehead atoms. The van der Waals surface area contributed by atoms with Gasteiger partial charge in [-0.15, -0.1) is 0 Å². The summed E-state index contributed by atoms with van der Waals surface area (Å²) in [5, 5.41) is 3.59. The quantitative estimate of drug-likeness (QED) is 0.684. The van der Waals surface area contributed by atoms with Crippen LogP contribution in [0.3, 0.4) is 0 Å². The SMILES string of the molecule is CC(CNCCC1(CN)CCC1)C(C)(C)C. The summed E-state index contributed by atoms with van der Waals surface area (Å²) in [7, 11) is 0. The van der Waals surface area contributed by atoms with Crippen LogP contribution in [-0.2, 0) is 0 Å². The van der Waals surface area contributed by atoms with E-state index in [1.54, 1.807) is 0 Å². The van der Waals surface area contributed by atoms with E-state index in [9.17, 15) is 0 Å². The molecule has 1 aliphatic rings. The summed E-state index contributed by atoms with van der Waals surface area (Å²) in [4.78, 5) is 0. The van der Waals surface area contributed by atoms with Crippen LogP contribution < -0.4 is 11.1 Å². The zero-order valence-corrected chi connectivity index (χ0v) is 11.6. The largest absolute Gasteiger partial charge is 0.330 e. The number of nitrogens with one attached hydrogen (secondary N) is 1. The molecule has 1 saturated carbocycles. The molecule has 0 aromatic rings. The first kappa shape index (κ1) is 14.0. The van der Waals surface area contributed by atoms with Crippen LogP contribution in [-0.4, -0.2) is 19.6 Å². The Balaban J connectivity index is 2.12. The third kappa shape index (κ3) is 3.74. The monoisotopic (exact) mass is 226 g/mol. The van der Waals surface area contributed by atoms with Gasteiger partial charge in [-0.3, -0.25) is 0 Å². The molecule has 0 amide bonds. The Labute approximate surface area is 101 Å². The first-order valence-electron chi connectivity index (χ1n) is 6.80. The van der Waals surface area contributed by atoms with Gasteiger partial charge in [-0.05, 0) is 55.6 Å². The van der Waals surface area contributed by atoms with Gasteiger partial charge >= 0.3 is 0 Å². The lowest BCUT2D eigenvalue weighted by atomic mass is 9.67. The van der Waals surface area contributed by atoms with Crippen LogP contribution in [0, 0.1) is 16.7 Å². The van der Waals surface area contributed by atoms with Crippen LogP contribution >= 0.6 is 0 Å². The molecule has 0 aromatic carbocycles. The van der Waals surface area contributed by atoms with Gasteiger partial charge in [0, 0.05) is 0 Å². The van der Waals surface area contributed by atoms with Crippen molar-refractivity contribution >= 4 is 0 Å². The second-order valence-corrected chi connectivity index (χ2v) is 6.78. The Morgan fingerprint density at radius 2 is 1.94 bits per heavy atom. The van der Waals surface area contributed by atoms with Crippen molar-refractivity contribution in [2.45, 2.75) is 53.4 Å². The van der Waals surface area contributed by atoms with Crippen molar-refractivity contribution in [1.29, 1.82) is 0 Å². The van der Waals surface area contributed by atoms with Crippen molar-refractivity contribution in [1.82, 2.24) is 5.32 Å². The molecule has 1 fully saturated rings. The average molecular weight is 226 g/mol. The highest BCUT2D eigenvalue weighted by Gasteiger charge is 2.34. The average Bonchev–Trinajstić information content (AvgIpc) is 2.14. The van der Waals surface area contributed by atoms with Crippen molar-refractivity contribution in [2.75, 3.05) is 19.6 Å². The lowest BCUT2D eigenvalue weighted by Gasteiger charge is -2.41. The molecule has 16 heavy (non-hydrogen) atoms. The zero-order chi connectivity index (χ0) is 12.2. The summed E-state index contributed by atoms with van der Waals surface area (Å²) in [6.07, 6.45) is 5.34. The minimum Gasteiger partial charge on any atom is -0.330 e. The van der Waals surface area contributed by atoms with Crippen LogP contribution in [0.4, 0.5) is 0 Å². The Bertz CT molecular complexity index is 196. The first-order valence-corrected chi connectivity index (χ1v) is 6.80. The van der Waals surface area contributed by atoms with Crippen molar-refractivity contribution in [2.24, 2.45) is 22.5 Å². The fourth-order valence-corrected chi connectivity index (χ4v) is 2.21. The highest BCUT2D eigenvalue weighted by atomic mass is 14.9. The lowest BCUT2D eigenvalue weighted by molar-refractivity contribution is 0.128. The van der Waals surface area contributed by atoms with Crippen molar-refractivity contribution in [3.63, 3.8) is 0 Å². The van der Waals surface area contributed by atoms with E-state index < -0.39 is 0 Å². The smallest absolute Gasteiger partial charge is 0.00182 e. The van der Waals surface area contributed by atoms with E-state index in [-0.39, 0.29) is 0 Å². The lowest BCUT2D eigenvalue weighted by Crippen LogP contribution is -2.40. The molecule has 0 heterocycles. The van der Waals surface area contributed by atoms with Crippen LogP contribution in [0.5, 0.6) is 0 Å². The molecule has 2 heteroatoms. The summed E-state index contributed by atoms with van der Waals surface area (Å²) in [6, 6.07) is 0. The predicted octanol–water partition coefficient (Wildman–Crippen LogP) is 2.78. The van der Waals surface area contributed by atoms with Gasteiger partial charge in [0.1, 0.15) is 0 Å². The van der Waals surface area contributed by atoms with Gasteiger partial charge in [-0.2, -0.15) is 0 Å². The molecular weight excluding hydrogens is 196 g/mol. The number of nitrogens with two attached hydrogens (primary N) is 1. The molecule has 1 rings (SSSR count). The van der Waals surface area contributed by atoms with Gasteiger partial charge in [0.2, 0.25) is 0 Å². The summed E-state index contributed by atoms with van der Waals surface area (Å²) >= 11 is 0. The van der Waals surface area contributed by atoms with Gasteiger partial charge in [0.05, 0.1) is 0 Å². The van der Waals surface area contributed by atoms with E-state index >= 15 is 0 Å². The third-order valence-electron chi connectivity index (χ3n) is 4.61. The van der Waals surface area contributed by atoms with E-state index in [1.807, 2.05) is 0 Å². The maximum absolute atomic E-state index is 5.85. The fourth-order valence-electron chi connectivity index (χ4n) is 2.21. The molecule has 1 aliphatic carbocycles. The Morgan fingerprint density at radius 1 is 1.31 bits per heavy atom. The number of hydrogen-bond acceptors (Lipinski definition) is 2. The molecular formula is C14H30N2. The van der Waals surface area contributed by atoms with Crippen molar-refractivity contribution < 1.29 is 0 Å². The van der Waals surface area contributed by atoms with Gasteiger partial charge in [0.25, 0.3) is 0 Å². The number of rotatable bonds is 6. The third-order valence-corrected chi connectivity index (χ3v) is 4.61. The number of hydrogen-bond donors (Lipinski definition) is 2. The topological polar surface area (TPSA) is 38.0 Å². The van der Waals surface area contributed by atoms with E-state index in [2.05, 4.69) is 33.0 Å². The molecule has 0 radical (unpaired) electrons. The maximum atomic E-state index is 5.85. The van der Waals surface area contributed by atoms with Crippen LogP contribution in [0.15, 0.2) is 0 Å². The minimum absolute atomic E-state index is 0.412. The summed E-state index contributed by atoms with van der Waals surface area (Å²) in [5.74, 6) is 0.725. The molecule has 0 spiro atoms. The Morgan fingerprint density at radius 3 is 2.31 bits per heavy atom. The van der Waals surface area contributed by atoms with Crippen molar-refractivity contribution in [3.05, 3.63) is 0 Å². The van der Waals surface area contributed by atoms with Crippen LogP contribution in [0.1, 0.15) is 53.4 Å². The zero-order valence-electron chi connectivity index (χ0n) is 11.6. The molecule has 1 atom stereocenters. The molecule has 0 aromatic heterocycles. The first-order chi connectivity index (χ1) is 7.40. The van der Waals surface area contributed by atoms with E-state index in [0.717, 1.165) is 25.6 Å². The van der Waals surface area contributed by atoms with Crippen LogP contribution in [0.2, 0.25) is 0 Å². The fraction of sp³-hybridized carbons (Fsp3) is 1.00. The van der Waals surface area contributed by atoms with E-state index in [0.29, 0.717) is 10.8 Å². The highest BCUT2D eigenvalue weighted by molar-refractivity contribution is 4.89. The molecule has 3 N–H and O–H groups in total. The van der Waals surface area contributed by atoms with Gasteiger partial charge < -0.3 is 11.1 Å². The summed E-state index contributed by atoms with van der Waals surface area (Å²) < 4.78 is 0. The molecule has 0 saturated heterocycles. The molecule has 0 aliphatic heterocycles. The second-order valence-electron chi connectivity index (χ2n) is 6.78. The second kappa shape index (κ2) is 5.50.